The summed E-state index contributed by atoms with van der Waals surface area (Å²) in [5, 5.41) is 3.37. The summed E-state index contributed by atoms with van der Waals surface area (Å²) >= 11 is 0. The lowest BCUT2D eigenvalue weighted by atomic mass is 9.77. The highest BCUT2D eigenvalue weighted by Gasteiger charge is 2.37. The number of guanidine groups is 1. The predicted molar refractivity (Wildman–Crippen MR) is 78.5 cm³/mol. The van der Waals surface area contributed by atoms with E-state index in [0.717, 1.165) is 31.4 Å². The van der Waals surface area contributed by atoms with Gasteiger partial charge in [0.2, 0.25) is 0 Å². The van der Waals surface area contributed by atoms with Gasteiger partial charge in [-0.15, -0.1) is 0 Å². The lowest BCUT2D eigenvalue weighted by molar-refractivity contribution is 0.361. The van der Waals surface area contributed by atoms with E-state index in [0.29, 0.717) is 5.96 Å². The molecule has 2 aromatic rings. The second kappa shape index (κ2) is 4.13. The molecular weight excluding hydrogens is 250 g/mol. The van der Waals surface area contributed by atoms with Crippen LogP contribution in [0.1, 0.15) is 17.5 Å². The zero-order valence-corrected chi connectivity index (χ0v) is 11.2. The summed E-state index contributed by atoms with van der Waals surface area (Å²) in [6, 6.07) is 8.69. The predicted octanol–water partition coefficient (Wildman–Crippen LogP) is 2.09. The van der Waals surface area contributed by atoms with Crippen LogP contribution in [0, 0.1) is 0 Å². The third-order valence-electron chi connectivity index (χ3n) is 4.41. The molecule has 4 nitrogen and oxygen atoms in total. The maximum Gasteiger partial charge on any atom is 0.189 e. The Hall–Kier alpha value is -2.23. The van der Waals surface area contributed by atoms with Gasteiger partial charge in [0, 0.05) is 5.56 Å². The van der Waals surface area contributed by atoms with Crippen molar-refractivity contribution in [2.45, 2.75) is 24.8 Å². The Bertz CT molecular complexity index is 675. The zero-order chi connectivity index (χ0) is 13.6. The van der Waals surface area contributed by atoms with Gasteiger partial charge in [-0.3, -0.25) is 4.99 Å². The third-order valence-corrected chi connectivity index (χ3v) is 4.41. The molecule has 4 heteroatoms. The van der Waals surface area contributed by atoms with E-state index in [4.69, 9.17) is 10.2 Å². The van der Waals surface area contributed by atoms with Crippen molar-refractivity contribution in [2.75, 3.05) is 6.54 Å². The molecule has 0 amide bonds. The average molecular weight is 267 g/mol. The van der Waals surface area contributed by atoms with Crippen molar-refractivity contribution in [3.8, 4) is 11.1 Å². The van der Waals surface area contributed by atoms with Crippen LogP contribution in [-0.2, 0) is 12.8 Å². The van der Waals surface area contributed by atoms with Crippen LogP contribution in [0.2, 0.25) is 0 Å². The van der Waals surface area contributed by atoms with Crippen LogP contribution < -0.4 is 11.1 Å². The van der Waals surface area contributed by atoms with Crippen molar-refractivity contribution in [1.82, 2.24) is 5.32 Å². The first-order valence-corrected chi connectivity index (χ1v) is 6.97. The van der Waals surface area contributed by atoms with Crippen LogP contribution in [-0.4, -0.2) is 18.0 Å². The molecule has 1 atom stereocenters. The molecule has 0 saturated heterocycles. The van der Waals surface area contributed by atoms with Gasteiger partial charge < -0.3 is 15.5 Å². The highest BCUT2D eigenvalue weighted by molar-refractivity contribution is 5.81. The molecule has 1 aliphatic heterocycles. The minimum Gasteiger partial charge on any atom is -0.472 e. The zero-order valence-electron chi connectivity index (χ0n) is 11.2. The van der Waals surface area contributed by atoms with Crippen molar-refractivity contribution >= 4 is 5.96 Å². The number of benzene rings is 1. The van der Waals surface area contributed by atoms with Gasteiger partial charge in [-0.2, -0.15) is 0 Å². The number of nitrogens with two attached hydrogens (primary N) is 1. The monoisotopic (exact) mass is 267 g/mol. The van der Waals surface area contributed by atoms with E-state index in [9.17, 15) is 0 Å². The Morgan fingerprint density at radius 3 is 2.90 bits per heavy atom. The molecular formula is C16H17N3O. The molecule has 1 unspecified atom stereocenters. The van der Waals surface area contributed by atoms with Crippen LogP contribution in [0.25, 0.3) is 11.1 Å². The molecule has 0 radical (unpaired) electrons. The smallest absolute Gasteiger partial charge is 0.189 e. The largest absolute Gasteiger partial charge is 0.472 e. The summed E-state index contributed by atoms with van der Waals surface area (Å²) in [5.74, 6) is 0.583. The quantitative estimate of drug-likeness (QED) is 0.831. The molecule has 2 aliphatic rings. The average Bonchev–Trinajstić information content (AvgIpc) is 3.09. The molecule has 0 saturated carbocycles. The normalized spacial score (nSPS) is 24.3. The summed E-state index contributed by atoms with van der Waals surface area (Å²) in [6.07, 6.45) is 6.66. The first kappa shape index (κ1) is 11.6. The van der Waals surface area contributed by atoms with Gasteiger partial charge in [-0.25, -0.2) is 0 Å². The molecule has 1 aromatic carbocycles. The lowest BCUT2D eigenvalue weighted by Crippen LogP contribution is -2.51. The molecule has 0 fully saturated rings. The Morgan fingerprint density at radius 2 is 2.15 bits per heavy atom. The molecule has 20 heavy (non-hydrogen) atoms. The fraction of sp³-hybridized carbons (Fsp3) is 0.312. The number of nitrogens with one attached hydrogen (secondary N) is 1. The fourth-order valence-electron chi connectivity index (χ4n) is 3.30. The fourth-order valence-corrected chi connectivity index (χ4v) is 3.30. The second-order valence-electron chi connectivity index (χ2n) is 5.78. The summed E-state index contributed by atoms with van der Waals surface area (Å²) in [5.41, 5.74) is 11.0. The highest BCUT2D eigenvalue weighted by Crippen LogP contribution is 2.33. The van der Waals surface area contributed by atoms with Crippen LogP contribution >= 0.6 is 0 Å². The maximum atomic E-state index is 5.79. The number of fused-ring (bicyclic) bond motifs is 1. The van der Waals surface area contributed by atoms with Crippen LogP contribution in [0.5, 0.6) is 0 Å². The first-order chi connectivity index (χ1) is 9.74. The minimum atomic E-state index is 0.0338. The molecule has 1 spiro atoms. The van der Waals surface area contributed by atoms with Gasteiger partial charge in [0.15, 0.2) is 5.96 Å². The number of nitrogens with zero attached hydrogens (tertiary/aromatic N) is 1. The molecule has 2 heterocycles. The maximum absolute atomic E-state index is 5.79. The van der Waals surface area contributed by atoms with E-state index in [-0.39, 0.29) is 5.54 Å². The molecule has 1 aliphatic carbocycles. The number of aliphatic imine (C=N–C) groups is 1. The van der Waals surface area contributed by atoms with E-state index in [1.807, 2.05) is 6.07 Å². The number of furan rings is 1. The van der Waals surface area contributed by atoms with E-state index in [2.05, 4.69) is 28.5 Å². The number of hydrogen-bond acceptors (Lipinski definition) is 4. The first-order valence-electron chi connectivity index (χ1n) is 6.97. The minimum absolute atomic E-state index is 0.0338. The van der Waals surface area contributed by atoms with E-state index >= 15 is 0 Å². The number of rotatable bonds is 1. The highest BCUT2D eigenvalue weighted by atomic mass is 16.3. The van der Waals surface area contributed by atoms with E-state index in [1.54, 1.807) is 12.5 Å². The number of hydrogen-bond donors (Lipinski definition) is 2. The lowest BCUT2D eigenvalue weighted by Gasteiger charge is -2.34. The molecule has 102 valence electrons. The summed E-state index contributed by atoms with van der Waals surface area (Å²) in [7, 11) is 0. The van der Waals surface area contributed by atoms with Crippen molar-refractivity contribution in [1.29, 1.82) is 0 Å². The molecule has 4 rings (SSSR count). The molecule has 1 aromatic heterocycles. The summed E-state index contributed by atoms with van der Waals surface area (Å²) in [6.45, 7) is 0.786. The van der Waals surface area contributed by atoms with Gasteiger partial charge in [0.05, 0.1) is 24.6 Å². The van der Waals surface area contributed by atoms with Crippen molar-refractivity contribution in [3.63, 3.8) is 0 Å². The Morgan fingerprint density at radius 1 is 1.20 bits per heavy atom. The standard InChI is InChI=1S/C16H17N3O/c17-15-18-10-16(19-15)5-3-11-1-2-12(7-14(11)8-16)13-4-6-20-9-13/h1-2,4,6-7,9H,3,5,8,10H2,(H3,17,18,19). The van der Waals surface area contributed by atoms with E-state index in [1.165, 1.54) is 16.7 Å². The Labute approximate surface area is 117 Å². The van der Waals surface area contributed by atoms with Gasteiger partial charge in [-0.1, -0.05) is 18.2 Å². The van der Waals surface area contributed by atoms with Crippen molar-refractivity contribution in [3.05, 3.63) is 47.9 Å². The van der Waals surface area contributed by atoms with Crippen molar-refractivity contribution in [2.24, 2.45) is 10.7 Å². The van der Waals surface area contributed by atoms with Crippen LogP contribution in [0.4, 0.5) is 0 Å². The molecule has 3 N–H and O–H groups in total. The Balaban J connectivity index is 1.68. The third kappa shape index (κ3) is 1.80. The van der Waals surface area contributed by atoms with Gasteiger partial charge >= 0.3 is 0 Å². The Kier molecular flexibility index (Phi) is 2.39. The van der Waals surface area contributed by atoms with E-state index < -0.39 is 0 Å². The molecule has 0 bridgehead atoms. The van der Waals surface area contributed by atoms with Gasteiger partial charge in [-0.05, 0) is 42.0 Å². The van der Waals surface area contributed by atoms with Crippen LogP contribution in [0.15, 0.2) is 46.2 Å². The second-order valence-corrected chi connectivity index (χ2v) is 5.78. The summed E-state index contributed by atoms with van der Waals surface area (Å²) < 4.78 is 5.17. The van der Waals surface area contributed by atoms with Crippen molar-refractivity contribution < 1.29 is 4.42 Å². The number of aryl methyl sites for hydroxylation is 1. The topological polar surface area (TPSA) is 63.5 Å². The van der Waals surface area contributed by atoms with Crippen LogP contribution in [0.3, 0.4) is 0 Å². The van der Waals surface area contributed by atoms with Gasteiger partial charge in [0.1, 0.15) is 0 Å². The van der Waals surface area contributed by atoms with Gasteiger partial charge in [0.25, 0.3) is 0 Å². The summed E-state index contributed by atoms with van der Waals surface area (Å²) in [4.78, 5) is 4.33. The SMILES string of the molecule is NC1=NCC2(CCc3ccc(-c4ccoc4)cc3C2)N1.